The molecule has 0 spiro atoms. The first-order valence-corrected chi connectivity index (χ1v) is 5.92. The van der Waals surface area contributed by atoms with E-state index in [1.54, 1.807) is 7.11 Å². The lowest BCUT2D eigenvalue weighted by atomic mass is 10.1. The van der Waals surface area contributed by atoms with Crippen molar-refractivity contribution in [3.63, 3.8) is 0 Å². The van der Waals surface area contributed by atoms with Crippen LogP contribution in [0.4, 0.5) is 0 Å². The van der Waals surface area contributed by atoms with Gasteiger partial charge in [0.05, 0.1) is 13.2 Å². The van der Waals surface area contributed by atoms with Crippen LogP contribution in [0.1, 0.15) is 13.8 Å². The molecule has 0 aliphatic carbocycles. The molecule has 2 aromatic rings. The topological polar surface area (TPSA) is 34.4 Å². The number of methoxy groups -OCH3 is 1. The number of aliphatic hydroxyl groups excluding tert-OH is 1. The molecule has 0 aliphatic rings. The second-order valence-corrected chi connectivity index (χ2v) is 4.70. The molecule has 3 heteroatoms. The second kappa shape index (κ2) is 4.80. The largest absolute Gasteiger partial charge is 0.497 e. The van der Waals surface area contributed by atoms with Gasteiger partial charge in [0.1, 0.15) is 5.75 Å². The van der Waals surface area contributed by atoms with Crippen LogP contribution in [0.3, 0.4) is 0 Å². The normalized spacial score (nSPS) is 13.2. The van der Waals surface area contributed by atoms with Crippen molar-refractivity contribution >= 4 is 10.9 Å². The third-order valence-electron chi connectivity index (χ3n) is 3.13. The number of benzene rings is 1. The molecule has 0 saturated carbocycles. The summed E-state index contributed by atoms with van der Waals surface area (Å²) >= 11 is 0. The summed E-state index contributed by atoms with van der Waals surface area (Å²) in [6.45, 7) is 4.69. The molecule has 0 fully saturated rings. The third-order valence-corrected chi connectivity index (χ3v) is 3.13. The van der Waals surface area contributed by atoms with E-state index in [1.807, 2.05) is 44.3 Å². The van der Waals surface area contributed by atoms with E-state index < -0.39 is 0 Å². The summed E-state index contributed by atoms with van der Waals surface area (Å²) in [5.41, 5.74) is 1.13. The van der Waals surface area contributed by atoms with Crippen molar-refractivity contribution < 1.29 is 9.84 Å². The molecule has 1 N–H and O–H groups in total. The van der Waals surface area contributed by atoms with E-state index in [-0.39, 0.29) is 12.0 Å². The van der Waals surface area contributed by atoms with E-state index in [9.17, 15) is 5.11 Å². The fourth-order valence-electron chi connectivity index (χ4n) is 1.88. The Morgan fingerprint density at radius 3 is 2.71 bits per heavy atom. The molecular formula is C14H19NO2. The van der Waals surface area contributed by atoms with Crippen LogP contribution >= 0.6 is 0 Å². The van der Waals surface area contributed by atoms with E-state index in [1.165, 1.54) is 0 Å². The van der Waals surface area contributed by atoms with Gasteiger partial charge in [-0.15, -0.1) is 0 Å². The maximum absolute atomic E-state index is 9.91. The molecule has 1 aromatic carbocycles. The van der Waals surface area contributed by atoms with Gasteiger partial charge in [-0.1, -0.05) is 13.8 Å². The predicted octanol–water partition coefficient (Wildman–Crippen LogP) is 2.67. The zero-order valence-corrected chi connectivity index (χ0v) is 10.6. The molecular weight excluding hydrogens is 214 g/mol. The monoisotopic (exact) mass is 233 g/mol. The zero-order chi connectivity index (χ0) is 12.4. The van der Waals surface area contributed by atoms with Crippen LogP contribution in [0.5, 0.6) is 5.75 Å². The van der Waals surface area contributed by atoms with Crippen molar-refractivity contribution in [3.8, 4) is 5.75 Å². The van der Waals surface area contributed by atoms with Gasteiger partial charge in [0.25, 0.3) is 0 Å². The van der Waals surface area contributed by atoms with E-state index in [0.29, 0.717) is 6.54 Å². The third kappa shape index (κ3) is 2.44. The number of nitrogens with zero attached hydrogens (tertiary/aromatic N) is 1. The maximum atomic E-state index is 9.91. The lowest BCUT2D eigenvalue weighted by molar-refractivity contribution is 0.108. The molecule has 0 bridgehead atoms. The first kappa shape index (κ1) is 12.0. The van der Waals surface area contributed by atoms with Gasteiger partial charge in [0.2, 0.25) is 0 Å². The molecule has 17 heavy (non-hydrogen) atoms. The highest BCUT2D eigenvalue weighted by atomic mass is 16.5. The molecule has 1 atom stereocenters. The summed E-state index contributed by atoms with van der Waals surface area (Å²) in [6, 6.07) is 8.03. The number of hydrogen-bond donors (Lipinski definition) is 1. The SMILES string of the molecule is COc1ccc2c(ccn2CC(O)C(C)C)c1. The highest BCUT2D eigenvalue weighted by molar-refractivity contribution is 5.81. The molecule has 1 aromatic heterocycles. The van der Waals surface area contributed by atoms with Crippen LogP contribution in [-0.2, 0) is 6.54 Å². The van der Waals surface area contributed by atoms with E-state index >= 15 is 0 Å². The van der Waals surface area contributed by atoms with Crippen molar-refractivity contribution in [1.29, 1.82) is 0 Å². The van der Waals surface area contributed by atoms with Crippen LogP contribution in [0.25, 0.3) is 10.9 Å². The summed E-state index contributed by atoms with van der Waals surface area (Å²) in [4.78, 5) is 0. The molecule has 92 valence electrons. The van der Waals surface area contributed by atoms with Gasteiger partial charge in [0.15, 0.2) is 0 Å². The lowest BCUT2D eigenvalue weighted by Crippen LogP contribution is -2.21. The Bertz CT molecular complexity index is 502. The molecule has 3 nitrogen and oxygen atoms in total. The highest BCUT2D eigenvalue weighted by Crippen LogP contribution is 2.22. The highest BCUT2D eigenvalue weighted by Gasteiger charge is 2.11. The van der Waals surface area contributed by atoms with Crippen LogP contribution in [0.15, 0.2) is 30.5 Å². The fraction of sp³-hybridized carbons (Fsp3) is 0.429. The number of fused-ring (bicyclic) bond motifs is 1. The van der Waals surface area contributed by atoms with Crippen molar-refractivity contribution in [2.75, 3.05) is 7.11 Å². The van der Waals surface area contributed by atoms with E-state index in [2.05, 4.69) is 4.57 Å². The summed E-state index contributed by atoms with van der Waals surface area (Å²) in [7, 11) is 1.67. The maximum Gasteiger partial charge on any atom is 0.119 e. The number of rotatable bonds is 4. The minimum Gasteiger partial charge on any atom is -0.497 e. The summed E-state index contributed by atoms with van der Waals surface area (Å²) in [5.74, 6) is 1.13. The lowest BCUT2D eigenvalue weighted by Gasteiger charge is -2.16. The van der Waals surface area contributed by atoms with Crippen molar-refractivity contribution in [1.82, 2.24) is 4.57 Å². The quantitative estimate of drug-likeness (QED) is 0.881. The Morgan fingerprint density at radius 2 is 2.06 bits per heavy atom. The number of aliphatic hydroxyl groups is 1. The van der Waals surface area contributed by atoms with Crippen molar-refractivity contribution in [2.24, 2.45) is 5.92 Å². The average Bonchev–Trinajstić information content (AvgIpc) is 2.71. The van der Waals surface area contributed by atoms with Gasteiger partial charge in [0, 0.05) is 23.6 Å². The van der Waals surface area contributed by atoms with E-state index in [4.69, 9.17) is 4.74 Å². The minimum absolute atomic E-state index is 0.269. The van der Waals surface area contributed by atoms with Gasteiger partial charge in [-0.05, 0) is 30.2 Å². The Labute approximate surface area is 102 Å². The Morgan fingerprint density at radius 1 is 1.29 bits per heavy atom. The summed E-state index contributed by atoms with van der Waals surface area (Å²) in [6.07, 6.45) is 1.70. The predicted molar refractivity (Wildman–Crippen MR) is 69.3 cm³/mol. The molecule has 1 unspecified atom stereocenters. The average molecular weight is 233 g/mol. The first-order chi connectivity index (χ1) is 8.11. The summed E-state index contributed by atoms with van der Waals surface area (Å²) < 4.78 is 7.27. The smallest absolute Gasteiger partial charge is 0.119 e. The standard InChI is InChI=1S/C14H19NO2/c1-10(2)14(16)9-15-7-6-11-8-12(17-3)4-5-13(11)15/h4-8,10,14,16H,9H2,1-3H3. The van der Waals surface area contributed by atoms with Gasteiger partial charge in [-0.25, -0.2) is 0 Å². The Balaban J connectivity index is 2.30. The Hall–Kier alpha value is -1.48. The second-order valence-electron chi connectivity index (χ2n) is 4.70. The van der Waals surface area contributed by atoms with Crippen LogP contribution in [0.2, 0.25) is 0 Å². The van der Waals surface area contributed by atoms with Crippen LogP contribution < -0.4 is 4.74 Å². The number of aromatic nitrogens is 1. The molecule has 2 rings (SSSR count). The van der Waals surface area contributed by atoms with E-state index in [0.717, 1.165) is 16.7 Å². The number of ether oxygens (including phenoxy) is 1. The molecule has 1 heterocycles. The number of hydrogen-bond acceptors (Lipinski definition) is 2. The van der Waals surface area contributed by atoms with Crippen LogP contribution in [0, 0.1) is 5.92 Å². The van der Waals surface area contributed by atoms with Gasteiger partial charge < -0.3 is 14.4 Å². The fourth-order valence-corrected chi connectivity index (χ4v) is 1.88. The molecule has 0 radical (unpaired) electrons. The van der Waals surface area contributed by atoms with Crippen molar-refractivity contribution in [2.45, 2.75) is 26.5 Å². The van der Waals surface area contributed by atoms with Crippen LogP contribution in [-0.4, -0.2) is 22.9 Å². The van der Waals surface area contributed by atoms with Gasteiger partial charge in [-0.2, -0.15) is 0 Å². The first-order valence-electron chi connectivity index (χ1n) is 5.92. The molecule has 0 amide bonds. The van der Waals surface area contributed by atoms with Crippen molar-refractivity contribution in [3.05, 3.63) is 30.5 Å². The minimum atomic E-state index is -0.312. The zero-order valence-electron chi connectivity index (χ0n) is 10.6. The molecule has 0 aliphatic heterocycles. The Kier molecular flexibility index (Phi) is 3.38. The summed E-state index contributed by atoms with van der Waals surface area (Å²) in [5, 5.41) is 11.1. The molecule has 0 saturated heterocycles. The van der Waals surface area contributed by atoms with Gasteiger partial charge >= 0.3 is 0 Å². The van der Waals surface area contributed by atoms with Gasteiger partial charge in [-0.3, -0.25) is 0 Å².